The SMILES string of the molecule is [B]c1ccc(N2CCOC2=O)nc1. The highest BCUT2D eigenvalue weighted by atomic mass is 16.6. The fourth-order valence-corrected chi connectivity index (χ4v) is 1.16. The summed E-state index contributed by atoms with van der Waals surface area (Å²) in [7, 11) is 5.46. The van der Waals surface area contributed by atoms with Gasteiger partial charge in [0.15, 0.2) is 0 Å². The van der Waals surface area contributed by atoms with Crippen LogP contribution >= 0.6 is 0 Å². The van der Waals surface area contributed by atoms with E-state index in [0.717, 1.165) is 0 Å². The minimum absolute atomic E-state index is 0.350. The molecule has 2 heterocycles. The van der Waals surface area contributed by atoms with Crippen molar-refractivity contribution in [3.05, 3.63) is 18.3 Å². The van der Waals surface area contributed by atoms with Gasteiger partial charge in [0.25, 0.3) is 0 Å². The summed E-state index contributed by atoms with van der Waals surface area (Å²) in [4.78, 5) is 16.6. The van der Waals surface area contributed by atoms with Gasteiger partial charge in [-0.3, -0.25) is 4.90 Å². The smallest absolute Gasteiger partial charge is 0.415 e. The summed E-state index contributed by atoms with van der Waals surface area (Å²) in [5.41, 5.74) is 0.580. The van der Waals surface area contributed by atoms with Crippen LogP contribution in [0, 0.1) is 0 Å². The van der Waals surface area contributed by atoms with Gasteiger partial charge in [-0.25, -0.2) is 9.78 Å². The van der Waals surface area contributed by atoms with Gasteiger partial charge in [-0.15, -0.1) is 0 Å². The molecule has 2 radical (unpaired) electrons. The van der Waals surface area contributed by atoms with Gasteiger partial charge in [0.05, 0.1) is 6.54 Å². The number of anilines is 1. The highest BCUT2D eigenvalue weighted by Crippen LogP contribution is 2.13. The van der Waals surface area contributed by atoms with Crippen LogP contribution in [0.4, 0.5) is 10.6 Å². The fourth-order valence-electron chi connectivity index (χ4n) is 1.16. The van der Waals surface area contributed by atoms with Crippen molar-refractivity contribution in [1.29, 1.82) is 0 Å². The Morgan fingerprint density at radius 1 is 1.54 bits per heavy atom. The normalized spacial score (nSPS) is 16.0. The van der Waals surface area contributed by atoms with E-state index in [4.69, 9.17) is 12.6 Å². The summed E-state index contributed by atoms with van der Waals surface area (Å²) in [6.07, 6.45) is 1.17. The van der Waals surface area contributed by atoms with Crippen LogP contribution in [0.3, 0.4) is 0 Å². The first-order chi connectivity index (χ1) is 6.27. The van der Waals surface area contributed by atoms with Crippen molar-refractivity contribution in [1.82, 2.24) is 4.98 Å². The summed E-state index contributed by atoms with van der Waals surface area (Å²) in [5.74, 6) is 0.580. The lowest BCUT2D eigenvalue weighted by Crippen LogP contribution is -2.24. The Bertz CT molecular complexity index is 325. The van der Waals surface area contributed by atoms with Crippen LogP contribution in [0.1, 0.15) is 0 Å². The summed E-state index contributed by atoms with van der Waals surface area (Å²) in [5, 5.41) is 0. The van der Waals surface area contributed by atoms with Gasteiger partial charge in [0, 0.05) is 6.20 Å². The van der Waals surface area contributed by atoms with Crippen LogP contribution in [0.15, 0.2) is 18.3 Å². The van der Waals surface area contributed by atoms with Crippen molar-refractivity contribution < 1.29 is 9.53 Å². The van der Waals surface area contributed by atoms with E-state index in [0.29, 0.717) is 24.4 Å². The minimum Gasteiger partial charge on any atom is -0.447 e. The van der Waals surface area contributed by atoms with E-state index in [1.165, 1.54) is 11.1 Å². The number of nitrogens with zero attached hydrogens (tertiary/aromatic N) is 2. The molecule has 0 unspecified atom stereocenters. The lowest BCUT2D eigenvalue weighted by atomic mass is 9.99. The van der Waals surface area contributed by atoms with Gasteiger partial charge in [0.1, 0.15) is 20.3 Å². The van der Waals surface area contributed by atoms with Gasteiger partial charge in [0.2, 0.25) is 0 Å². The Kier molecular flexibility index (Phi) is 1.92. The Hall–Kier alpha value is -1.52. The number of rotatable bonds is 1. The number of carbonyl (C=O) groups is 1. The monoisotopic (exact) mass is 174 g/mol. The summed E-state index contributed by atoms with van der Waals surface area (Å²) >= 11 is 0. The Balaban J connectivity index is 2.25. The molecule has 1 aromatic rings. The van der Waals surface area contributed by atoms with Crippen LogP contribution in [0.5, 0.6) is 0 Å². The molecule has 0 aromatic carbocycles. The zero-order chi connectivity index (χ0) is 9.26. The van der Waals surface area contributed by atoms with E-state index in [-0.39, 0.29) is 6.09 Å². The average Bonchev–Trinajstić information content (AvgIpc) is 2.53. The maximum Gasteiger partial charge on any atom is 0.415 e. The molecular weight excluding hydrogens is 167 g/mol. The first kappa shape index (κ1) is 8.10. The predicted molar refractivity (Wildman–Crippen MR) is 48.3 cm³/mol. The van der Waals surface area contributed by atoms with Gasteiger partial charge in [-0.2, -0.15) is 0 Å². The number of cyclic esters (lactones) is 1. The molecule has 5 heteroatoms. The minimum atomic E-state index is -0.350. The van der Waals surface area contributed by atoms with Crippen molar-refractivity contribution in [2.24, 2.45) is 0 Å². The lowest BCUT2D eigenvalue weighted by molar-refractivity contribution is 0.181. The molecule has 1 fully saturated rings. The van der Waals surface area contributed by atoms with Crippen molar-refractivity contribution in [2.75, 3.05) is 18.1 Å². The van der Waals surface area contributed by atoms with E-state index in [2.05, 4.69) is 4.98 Å². The number of hydrogen-bond acceptors (Lipinski definition) is 3. The average molecular weight is 174 g/mol. The largest absolute Gasteiger partial charge is 0.447 e. The molecule has 0 atom stereocenters. The summed E-state index contributed by atoms with van der Waals surface area (Å²) < 4.78 is 4.77. The van der Waals surface area contributed by atoms with E-state index in [1.54, 1.807) is 12.1 Å². The highest BCUT2D eigenvalue weighted by molar-refractivity contribution is 6.32. The Morgan fingerprint density at radius 2 is 2.38 bits per heavy atom. The van der Waals surface area contributed by atoms with E-state index in [9.17, 15) is 4.79 Å². The Morgan fingerprint density at radius 3 is 2.92 bits per heavy atom. The van der Waals surface area contributed by atoms with E-state index >= 15 is 0 Å². The zero-order valence-electron chi connectivity index (χ0n) is 6.93. The Labute approximate surface area is 76.9 Å². The number of ether oxygens (including phenoxy) is 1. The second-order valence-corrected chi connectivity index (χ2v) is 2.72. The third-order valence-corrected chi connectivity index (χ3v) is 1.81. The number of hydrogen-bond donors (Lipinski definition) is 0. The van der Waals surface area contributed by atoms with Crippen LogP contribution in [-0.4, -0.2) is 32.1 Å². The van der Waals surface area contributed by atoms with Gasteiger partial charge < -0.3 is 4.74 Å². The number of pyridine rings is 1. The third-order valence-electron chi connectivity index (χ3n) is 1.81. The summed E-state index contributed by atoms with van der Waals surface area (Å²) in [6.45, 7) is 0.973. The van der Waals surface area contributed by atoms with Crippen LogP contribution in [0.25, 0.3) is 0 Å². The maximum absolute atomic E-state index is 11.1. The number of carbonyl (C=O) groups excluding carboxylic acids is 1. The highest BCUT2D eigenvalue weighted by Gasteiger charge is 2.23. The molecule has 0 aliphatic carbocycles. The molecule has 64 valence electrons. The molecule has 0 spiro atoms. The fraction of sp³-hybridized carbons (Fsp3) is 0.250. The quantitative estimate of drug-likeness (QED) is 0.555. The molecule has 1 aliphatic rings. The molecule has 1 amide bonds. The van der Waals surface area contributed by atoms with Crippen molar-refractivity contribution in [3.63, 3.8) is 0 Å². The van der Waals surface area contributed by atoms with Crippen molar-refractivity contribution >= 4 is 25.2 Å². The molecular formula is C8H7BN2O2. The zero-order valence-corrected chi connectivity index (χ0v) is 6.93. The molecule has 0 N–H and O–H groups in total. The molecule has 1 aromatic heterocycles. The third kappa shape index (κ3) is 1.49. The van der Waals surface area contributed by atoms with Crippen LogP contribution in [0.2, 0.25) is 0 Å². The molecule has 2 rings (SSSR count). The van der Waals surface area contributed by atoms with E-state index in [1.807, 2.05) is 0 Å². The van der Waals surface area contributed by atoms with Crippen LogP contribution < -0.4 is 10.4 Å². The van der Waals surface area contributed by atoms with Gasteiger partial charge in [-0.1, -0.05) is 11.5 Å². The molecule has 1 aliphatic heterocycles. The molecule has 4 nitrogen and oxygen atoms in total. The molecule has 0 saturated carbocycles. The molecule has 0 bridgehead atoms. The lowest BCUT2D eigenvalue weighted by Gasteiger charge is -2.10. The maximum atomic E-state index is 11.1. The van der Waals surface area contributed by atoms with Crippen molar-refractivity contribution in [3.8, 4) is 0 Å². The topological polar surface area (TPSA) is 42.4 Å². The first-order valence-corrected chi connectivity index (χ1v) is 3.93. The molecule has 13 heavy (non-hydrogen) atoms. The number of aromatic nitrogens is 1. The number of amides is 1. The van der Waals surface area contributed by atoms with Gasteiger partial charge >= 0.3 is 6.09 Å². The first-order valence-electron chi connectivity index (χ1n) is 3.93. The van der Waals surface area contributed by atoms with Gasteiger partial charge in [-0.05, 0) is 6.07 Å². The second kappa shape index (κ2) is 3.09. The predicted octanol–water partition coefficient (Wildman–Crippen LogP) is -0.168. The van der Waals surface area contributed by atoms with Crippen molar-refractivity contribution in [2.45, 2.75) is 0 Å². The van der Waals surface area contributed by atoms with Crippen LogP contribution in [-0.2, 0) is 4.74 Å². The van der Waals surface area contributed by atoms with E-state index < -0.39 is 0 Å². The molecule has 1 saturated heterocycles. The standard InChI is InChI=1S/C8H7BN2O2/c9-6-1-2-7(10-5-6)11-3-4-13-8(11)12/h1-2,5H,3-4H2. The second-order valence-electron chi connectivity index (χ2n) is 2.72. The summed E-state index contributed by atoms with van der Waals surface area (Å²) in [6, 6.07) is 3.40.